The zero-order chi connectivity index (χ0) is 16.7. The molecule has 3 aliphatic rings. The summed E-state index contributed by atoms with van der Waals surface area (Å²) in [6.07, 6.45) is 9.53. The Hall–Kier alpha value is -1.13. The van der Waals surface area contributed by atoms with E-state index in [1.807, 2.05) is 0 Å². The maximum Gasteiger partial charge on any atom is 0.171 e. The van der Waals surface area contributed by atoms with Gasteiger partial charge in [-0.2, -0.15) is 0 Å². The smallest absolute Gasteiger partial charge is 0.171 e. The molecule has 1 unspecified atom stereocenters. The van der Waals surface area contributed by atoms with Crippen LogP contribution < -0.4 is 10.6 Å². The van der Waals surface area contributed by atoms with Crippen LogP contribution in [0.15, 0.2) is 18.2 Å². The minimum absolute atomic E-state index is 0.528. The molecule has 4 heteroatoms. The number of piperidine rings is 2. The van der Waals surface area contributed by atoms with Crippen molar-refractivity contribution < 1.29 is 0 Å². The Balaban J connectivity index is 1.37. The average molecular weight is 344 g/mol. The highest BCUT2D eigenvalue weighted by Crippen LogP contribution is 2.41. The van der Waals surface area contributed by atoms with Crippen molar-refractivity contribution >= 4 is 23.0 Å². The van der Waals surface area contributed by atoms with Gasteiger partial charge < -0.3 is 10.6 Å². The van der Waals surface area contributed by atoms with E-state index < -0.39 is 0 Å². The molecule has 2 saturated heterocycles. The lowest BCUT2D eigenvalue weighted by Crippen LogP contribution is -2.57. The summed E-state index contributed by atoms with van der Waals surface area (Å²) in [7, 11) is 0. The van der Waals surface area contributed by atoms with E-state index in [0.717, 1.165) is 28.9 Å². The first kappa shape index (κ1) is 16.3. The Labute approximate surface area is 151 Å². The predicted molar refractivity (Wildman–Crippen MR) is 105 cm³/mol. The monoisotopic (exact) mass is 343 g/mol. The summed E-state index contributed by atoms with van der Waals surface area (Å²) in [6, 6.07) is 9.34. The third kappa shape index (κ3) is 3.31. The molecular weight excluding hydrogens is 314 g/mol. The number of rotatable bonds is 3. The van der Waals surface area contributed by atoms with Crippen LogP contribution in [0.2, 0.25) is 0 Å². The van der Waals surface area contributed by atoms with Crippen molar-refractivity contribution in [3.63, 3.8) is 0 Å². The van der Waals surface area contributed by atoms with Crippen LogP contribution in [0.3, 0.4) is 0 Å². The van der Waals surface area contributed by atoms with Gasteiger partial charge >= 0.3 is 0 Å². The molecule has 2 aliphatic heterocycles. The van der Waals surface area contributed by atoms with E-state index in [1.54, 1.807) is 0 Å². The number of hydrogen-bond donors (Lipinski definition) is 2. The molecule has 3 atom stereocenters. The van der Waals surface area contributed by atoms with E-state index in [1.165, 1.54) is 56.1 Å². The maximum atomic E-state index is 5.61. The van der Waals surface area contributed by atoms with E-state index >= 15 is 0 Å². The van der Waals surface area contributed by atoms with Gasteiger partial charge in [0, 0.05) is 29.9 Å². The second kappa shape index (κ2) is 6.64. The Bertz CT molecular complexity index is 611. The highest BCUT2D eigenvalue weighted by atomic mass is 32.1. The molecule has 1 aliphatic carbocycles. The van der Waals surface area contributed by atoms with Gasteiger partial charge in [-0.1, -0.05) is 18.6 Å². The van der Waals surface area contributed by atoms with Gasteiger partial charge in [-0.25, -0.2) is 0 Å². The van der Waals surface area contributed by atoms with E-state index in [-0.39, 0.29) is 0 Å². The molecule has 3 fully saturated rings. The van der Waals surface area contributed by atoms with Gasteiger partial charge in [-0.3, -0.25) is 4.90 Å². The SMILES string of the molecule is Cc1cccc(NC(=S)NC2C[C@H]3CCC[C@@H](C2)N3C2CC2)c1C. The lowest BCUT2D eigenvalue weighted by Gasteiger charge is -2.49. The molecule has 2 N–H and O–H groups in total. The van der Waals surface area contributed by atoms with Gasteiger partial charge in [0.2, 0.25) is 0 Å². The highest BCUT2D eigenvalue weighted by molar-refractivity contribution is 7.80. The summed E-state index contributed by atoms with van der Waals surface area (Å²) < 4.78 is 0. The van der Waals surface area contributed by atoms with Crippen molar-refractivity contribution in [2.45, 2.75) is 83.0 Å². The van der Waals surface area contributed by atoms with Gasteiger partial charge in [0.1, 0.15) is 0 Å². The Morgan fingerprint density at radius 2 is 1.75 bits per heavy atom. The molecule has 2 bridgehead atoms. The van der Waals surface area contributed by atoms with Crippen molar-refractivity contribution in [2.75, 3.05) is 5.32 Å². The maximum absolute atomic E-state index is 5.61. The number of anilines is 1. The molecule has 24 heavy (non-hydrogen) atoms. The van der Waals surface area contributed by atoms with Crippen molar-refractivity contribution in [1.82, 2.24) is 10.2 Å². The predicted octanol–water partition coefficient (Wildman–Crippen LogP) is 4.14. The molecule has 0 aromatic heterocycles. The molecular formula is C20H29N3S. The molecule has 1 aromatic rings. The molecule has 3 nitrogen and oxygen atoms in total. The molecule has 1 aromatic carbocycles. The van der Waals surface area contributed by atoms with E-state index in [2.05, 4.69) is 47.6 Å². The molecule has 0 spiro atoms. The minimum Gasteiger partial charge on any atom is -0.360 e. The first-order chi connectivity index (χ1) is 11.6. The molecule has 130 valence electrons. The zero-order valence-electron chi connectivity index (χ0n) is 14.8. The fourth-order valence-electron chi connectivity index (χ4n) is 4.73. The van der Waals surface area contributed by atoms with Crippen LogP contribution in [0.25, 0.3) is 0 Å². The number of fused-ring (bicyclic) bond motifs is 2. The summed E-state index contributed by atoms with van der Waals surface area (Å²) in [5.41, 5.74) is 3.71. The summed E-state index contributed by atoms with van der Waals surface area (Å²) in [5, 5.41) is 7.82. The van der Waals surface area contributed by atoms with Crippen LogP contribution in [0.4, 0.5) is 5.69 Å². The van der Waals surface area contributed by atoms with Crippen molar-refractivity contribution in [3.8, 4) is 0 Å². The number of benzene rings is 1. The summed E-state index contributed by atoms with van der Waals surface area (Å²) in [5.74, 6) is 0. The molecule has 4 rings (SSSR count). The Morgan fingerprint density at radius 1 is 1.04 bits per heavy atom. The number of nitrogens with one attached hydrogen (secondary N) is 2. The van der Waals surface area contributed by atoms with E-state index in [0.29, 0.717) is 6.04 Å². The summed E-state index contributed by atoms with van der Waals surface area (Å²) in [6.45, 7) is 4.30. The third-order valence-electron chi connectivity index (χ3n) is 6.19. The average Bonchev–Trinajstić information content (AvgIpc) is 3.35. The Morgan fingerprint density at radius 3 is 2.42 bits per heavy atom. The van der Waals surface area contributed by atoms with Crippen LogP contribution >= 0.6 is 12.2 Å². The molecule has 0 amide bonds. The normalized spacial score (nSPS) is 30.0. The van der Waals surface area contributed by atoms with Gasteiger partial charge in [0.25, 0.3) is 0 Å². The van der Waals surface area contributed by atoms with Gasteiger partial charge in [0.05, 0.1) is 0 Å². The van der Waals surface area contributed by atoms with Gasteiger partial charge in [0.15, 0.2) is 5.11 Å². The standard InChI is InChI=1S/C20H29N3S/c1-13-5-3-8-19(14(13)2)22-20(24)21-15-11-17-6-4-7-18(12-15)23(17)16-9-10-16/h3,5,8,15-18H,4,6-7,9-12H2,1-2H3,(H2,21,22,24)/t15?,17-,18+. The number of thiocarbonyl (C=S) groups is 1. The lowest BCUT2D eigenvalue weighted by molar-refractivity contribution is 0.0209. The second-order valence-electron chi connectivity index (χ2n) is 7.93. The van der Waals surface area contributed by atoms with E-state index in [9.17, 15) is 0 Å². The zero-order valence-corrected chi connectivity index (χ0v) is 15.7. The summed E-state index contributed by atoms with van der Waals surface area (Å²) >= 11 is 5.61. The number of nitrogens with zero attached hydrogens (tertiary/aromatic N) is 1. The lowest BCUT2D eigenvalue weighted by atomic mass is 9.81. The van der Waals surface area contributed by atoms with Crippen molar-refractivity contribution in [1.29, 1.82) is 0 Å². The van der Waals surface area contributed by atoms with Crippen molar-refractivity contribution in [3.05, 3.63) is 29.3 Å². The molecule has 1 saturated carbocycles. The number of hydrogen-bond acceptors (Lipinski definition) is 2. The van der Waals surface area contributed by atoms with Gasteiger partial charge in [-0.05, 0) is 81.8 Å². The van der Waals surface area contributed by atoms with Crippen LogP contribution in [0.1, 0.15) is 56.1 Å². The first-order valence-electron chi connectivity index (χ1n) is 9.53. The van der Waals surface area contributed by atoms with Crippen molar-refractivity contribution in [2.24, 2.45) is 0 Å². The summed E-state index contributed by atoms with van der Waals surface area (Å²) in [4.78, 5) is 2.86. The fourth-order valence-corrected chi connectivity index (χ4v) is 5.01. The number of aryl methyl sites for hydroxylation is 1. The molecule has 2 heterocycles. The highest BCUT2D eigenvalue weighted by Gasteiger charge is 2.44. The van der Waals surface area contributed by atoms with Crippen LogP contribution in [-0.2, 0) is 0 Å². The van der Waals surface area contributed by atoms with Crippen LogP contribution in [-0.4, -0.2) is 34.2 Å². The van der Waals surface area contributed by atoms with Crippen LogP contribution in [0.5, 0.6) is 0 Å². The topological polar surface area (TPSA) is 27.3 Å². The largest absolute Gasteiger partial charge is 0.360 e. The molecule has 0 radical (unpaired) electrons. The Kier molecular flexibility index (Phi) is 4.52. The van der Waals surface area contributed by atoms with Crippen LogP contribution in [0, 0.1) is 13.8 Å². The van der Waals surface area contributed by atoms with Gasteiger partial charge in [-0.15, -0.1) is 0 Å². The fraction of sp³-hybridized carbons (Fsp3) is 0.650. The first-order valence-corrected chi connectivity index (χ1v) is 9.94. The minimum atomic E-state index is 0.528. The second-order valence-corrected chi connectivity index (χ2v) is 8.34. The van der Waals surface area contributed by atoms with E-state index in [4.69, 9.17) is 12.2 Å². The third-order valence-corrected chi connectivity index (χ3v) is 6.41. The quantitative estimate of drug-likeness (QED) is 0.807.